The van der Waals surface area contributed by atoms with Crippen LogP contribution in [-0.4, -0.2) is 74.9 Å². The molecule has 0 radical (unpaired) electrons. The summed E-state index contributed by atoms with van der Waals surface area (Å²) in [7, 11) is -3.66. The molecule has 3 aromatic rings. The number of carbonyl (C=O) groups is 2. The summed E-state index contributed by atoms with van der Waals surface area (Å²) in [6, 6.07) is 21.9. The number of carbonyl (C=O) groups excluding carboxylic acids is 2. The Balaban J connectivity index is 1.53. The quantitative estimate of drug-likeness (QED) is 0.277. The fourth-order valence-corrected chi connectivity index (χ4v) is 6.35. The molecule has 3 aromatic carbocycles. The largest absolute Gasteiger partial charge is 0.484 e. The molecule has 0 spiro atoms. The van der Waals surface area contributed by atoms with E-state index in [1.165, 1.54) is 33.5 Å². The van der Waals surface area contributed by atoms with E-state index in [2.05, 4.69) is 19.2 Å². The van der Waals surface area contributed by atoms with Crippen LogP contribution in [0.1, 0.15) is 31.4 Å². The van der Waals surface area contributed by atoms with Crippen LogP contribution in [0.25, 0.3) is 0 Å². The van der Waals surface area contributed by atoms with Crippen LogP contribution in [0.2, 0.25) is 5.02 Å². The van der Waals surface area contributed by atoms with Crippen molar-refractivity contribution in [2.24, 2.45) is 5.92 Å². The van der Waals surface area contributed by atoms with E-state index in [0.717, 1.165) is 17.5 Å². The molecule has 1 fully saturated rings. The minimum absolute atomic E-state index is 0.142. The van der Waals surface area contributed by atoms with Crippen LogP contribution in [0.3, 0.4) is 0 Å². The lowest BCUT2D eigenvalue weighted by Crippen LogP contribution is -2.52. The zero-order chi connectivity index (χ0) is 31.5. The molecule has 1 atom stereocenters. The first-order chi connectivity index (χ1) is 21.1. The number of morpholine rings is 1. The monoisotopic (exact) mass is 641 g/mol. The van der Waals surface area contributed by atoms with Crippen molar-refractivity contribution in [3.63, 3.8) is 0 Å². The lowest BCUT2D eigenvalue weighted by Gasteiger charge is -2.31. The Bertz CT molecular complexity index is 1460. The number of benzene rings is 3. The van der Waals surface area contributed by atoms with Gasteiger partial charge < -0.3 is 19.7 Å². The summed E-state index contributed by atoms with van der Waals surface area (Å²) in [6.45, 7) is 5.82. The van der Waals surface area contributed by atoms with Gasteiger partial charge in [-0.2, -0.15) is 4.31 Å². The van der Waals surface area contributed by atoms with E-state index in [-0.39, 0.29) is 29.9 Å². The van der Waals surface area contributed by atoms with Crippen molar-refractivity contribution < 1.29 is 27.5 Å². The first-order valence-corrected chi connectivity index (χ1v) is 16.6. The van der Waals surface area contributed by atoms with Crippen LogP contribution >= 0.6 is 11.6 Å². The van der Waals surface area contributed by atoms with Crippen molar-refractivity contribution in [3.8, 4) is 5.75 Å². The van der Waals surface area contributed by atoms with Crippen molar-refractivity contribution in [1.82, 2.24) is 14.5 Å². The average Bonchev–Trinajstić information content (AvgIpc) is 3.03. The van der Waals surface area contributed by atoms with Crippen molar-refractivity contribution in [2.45, 2.75) is 44.2 Å². The summed E-state index contributed by atoms with van der Waals surface area (Å²) in [5, 5.41) is 3.59. The summed E-state index contributed by atoms with van der Waals surface area (Å²) >= 11 is 6.10. The molecule has 1 saturated heterocycles. The molecule has 0 aromatic heterocycles. The molecule has 44 heavy (non-hydrogen) atoms. The third kappa shape index (κ3) is 9.53. The highest BCUT2D eigenvalue weighted by atomic mass is 35.5. The van der Waals surface area contributed by atoms with Gasteiger partial charge in [-0.3, -0.25) is 9.59 Å². The molecule has 0 saturated carbocycles. The van der Waals surface area contributed by atoms with Gasteiger partial charge >= 0.3 is 0 Å². The molecule has 0 aliphatic carbocycles. The first kappa shape index (κ1) is 33.5. The molecular weight excluding hydrogens is 602 g/mol. The number of hydrogen-bond donors (Lipinski definition) is 1. The highest BCUT2D eigenvalue weighted by molar-refractivity contribution is 7.89. The predicted molar refractivity (Wildman–Crippen MR) is 170 cm³/mol. The number of sulfonamides is 1. The van der Waals surface area contributed by atoms with E-state index in [1.807, 2.05) is 42.5 Å². The van der Waals surface area contributed by atoms with Crippen LogP contribution in [-0.2, 0) is 37.3 Å². The van der Waals surface area contributed by atoms with Crippen LogP contribution < -0.4 is 10.1 Å². The minimum atomic E-state index is -3.66. The predicted octanol–water partition coefficient (Wildman–Crippen LogP) is 4.54. The Labute approximate surface area is 265 Å². The maximum atomic E-state index is 13.8. The second-order valence-electron chi connectivity index (χ2n) is 11.1. The van der Waals surface area contributed by atoms with Crippen molar-refractivity contribution in [3.05, 3.63) is 95.0 Å². The molecule has 4 rings (SSSR count). The minimum Gasteiger partial charge on any atom is -0.484 e. The van der Waals surface area contributed by atoms with E-state index >= 15 is 0 Å². The number of halogens is 1. The highest BCUT2D eigenvalue weighted by Gasteiger charge is 2.31. The third-order valence-corrected chi connectivity index (χ3v) is 9.52. The van der Waals surface area contributed by atoms with Gasteiger partial charge in [0.1, 0.15) is 11.8 Å². The fraction of sp³-hybridized carbons (Fsp3) is 0.394. The van der Waals surface area contributed by atoms with Crippen LogP contribution in [0, 0.1) is 5.92 Å². The van der Waals surface area contributed by atoms with Gasteiger partial charge in [-0.05, 0) is 59.9 Å². The maximum absolute atomic E-state index is 13.8. The molecule has 0 bridgehead atoms. The lowest BCUT2D eigenvalue weighted by molar-refractivity contribution is -0.142. The molecule has 11 heteroatoms. The molecule has 1 aliphatic rings. The summed E-state index contributed by atoms with van der Waals surface area (Å²) in [6.07, 6.45) is 1.14. The van der Waals surface area contributed by atoms with Crippen LogP contribution in [0.15, 0.2) is 83.8 Å². The Morgan fingerprint density at radius 1 is 0.955 bits per heavy atom. The zero-order valence-electron chi connectivity index (χ0n) is 25.2. The normalized spacial score (nSPS) is 14.6. The van der Waals surface area contributed by atoms with Crippen LogP contribution in [0.4, 0.5) is 0 Å². The van der Waals surface area contributed by atoms with Crippen molar-refractivity contribution in [1.29, 1.82) is 0 Å². The Morgan fingerprint density at radius 2 is 1.61 bits per heavy atom. The fourth-order valence-electron chi connectivity index (χ4n) is 4.81. The molecule has 0 unspecified atom stereocenters. The van der Waals surface area contributed by atoms with Crippen molar-refractivity contribution >= 4 is 33.4 Å². The summed E-state index contributed by atoms with van der Waals surface area (Å²) in [5.41, 5.74) is 1.73. The first-order valence-electron chi connectivity index (χ1n) is 14.8. The number of nitrogens with one attached hydrogen (secondary N) is 1. The highest BCUT2D eigenvalue weighted by Crippen LogP contribution is 2.22. The van der Waals surface area contributed by atoms with Crippen molar-refractivity contribution in [2.75, 3.05) is 39.5 Å². The molecule has 1 aliphatic heterocycles. The summed E-state index contributed by atoms with van der Waals surface area (Å²) in [5.74, 6) is 0.129. The number of nitrogens with zero attached hydrogens (tertiary/aromatic N) is 2. The molecule has 1 heterocycles. The van der Waals surface area contributed by atoms with E-state index in [4.69, 9.17) is 21.1 Å². The average molecular weight is 642 g/mol. The van der Waals surface area contributed by atoms with E-state index in [1.54, 1.807) is 12.1 Å². The van der Waals surface area contributed by atoms with Gasteiger partial charge in [-0.25, -0.2) is 8.42 Å². The van der Waals surface area contributed by atoms with Gasteiger partial charge in [-0.15, -0.1) is 0 Å². The van der Waals surface area contributed by atoms with Gasteiger partial charge in [0.05, 0.1) is 18.1 Å². The number of amides is 2. The standard InChI is InChI=1S/C33H40ClN3O6S/c1-25(2)16-17-35-33(39)31(22-26-6-4-3-5-7-26)37(23-27-8-10-28(34)11-9-27)32(38)24-43-29-12-14-30(15-13-29)44(40,41)36-18-20-42-21-19-36/h3-15,25,31H,16-24H2,1-2H3,(H,35,39)/t31-/m0/s1. The number of hydrogen-bond acceptors (Lipinski definition) is 6. The SMILES string of the molecule is CC(C)CCNC(=O)[C@H](Cc1ccccc1)N(Cc1ccc(Cl)cc1)C(=O)COc1ccc(S(=O)(=O)N2CCOCC2)cc1. The van der Waals surface area contributed by atoms with Gasteiger partial charge in [0.25, 0.3) is 5.91 Å². The molecule has 236 valence electrons. The second-order valence-corrected chi connectivity index (χ2v) is 13.5. The summed E-state index contributed by atoms with van der Waals surface area (Å²) in [4.78, 5) is 29.1. The topological polar surface area (TPSA) is 105 Å². The smallest absolute Gasteiger partial charge is 0.261 e. The van der Waals surface area contributed by atoms with Gasteiger partial charge in [0.2, 0.25) is 15.9 Å². The number of rotatable bonds is 14. The molecule has 2 amide bonds. The number of ether oxygens (including phenoxy) is 2. The van der Waals surface area contributed by atoms with Gasteiger partial charge in [0, 0.05) is 37.6 Å². The zero-order valence-corrected chi connectivity index (χ0v) is 26.7. The Morgan fingerprint density at radius 3 is 2.25 bits per heavy atom. The van der Waals surface area contributed by atoms with E-state index in [0.29, 0.717) is 56.0 Å². The molecular formula is C33H40ClN3O6S. The van der Waals surface area contributed by atoms with Gasteiger partial charge in [0.15, 0.2) is 6.61 Å². The second kappa shape index (κ2) is 16.0. The Kier molecular flexibility index (Phi) is 12.2. The molecule has 9 nitrogen and oxygen atoms in total. The van der Waals surface area contributed by atoms with Crippen LogP contribution in [0.5, 0.6) is 5.75 Å². The summed E-state index contributed by atoms with van der Waals surface area (Å²) < 4.78 is 38.4. The van der Waals surface area contributed by atoms with E-state index < -0.39 is 16.1 Å². The van der Waals surface area contributed by atoms with E-state index in [9.17, 15) is 18.0 Å². The lowest BCUT2D eigenvalue weighted by atomic mass is 10.0. The Hall–Kier alpha value is -3.44. The third-order valence-electron chi connectivity index (χ3n) is 7.35. The molecule has 1 N–H and O–H groups in total. The van der Waals surface area contributed by atoms with Gasteiger partial charge in [-0.1, -0.05) is 67.9 Å². The maximum Gasteiger partial charge on any atom is 0.261 e.